The van der Waals surface area contributed by atoms with Gasteiger partial charge in [-0.3, -0.25) is 4.55 Å². The Balaban J connectivity index is 0.00000256. The predicted molar refractivity (Wildman–Crippen MR) is 66.7 cm³/mol. The molecule has 0 bridgehead atoms. The first-order chi connectivity index (χ1) is 7.47. The van der Waals surface area contributed by atoms with Crippen molar-refractivity contribution in [3.63, 3.8) is 0 Å². The molecule has 0 aliphatic carbocycles. The van der Waals surface area contributed by atoms with Crippen molar-refractivity contribution in [2.24, 2.45) is 10.7 Å². The Hall–Kier alpha value is -0.570. The maximum atomic E-state index is 10.2. The predicted octanol–water partition coefficient (Wildman–Crippen LogP) is 0.0282. The zero-order valence-corrected chi connectivity index (χ0v) is 11.0. The highest BCUT2D eigenvalue weighted by atomic mass is 35.5. The number of aliphatic imine (C=N–C) groups is 1. The molecule has 102 valence electrons. The number of hydrogen-bond donors (Lipinski definition) is 2. The smallest absolute Gasteiger partial charge is 0.353 e. The summed E-state index contributed by atoms with van der Waals surface area (Å²) in [6.07, 6.45) is 3.25. The zero-order valence-electron chi connectivity index (χ0n) is 9.41. The standard InChI is InChI=1S/C8H17N3O4S.ClH/c9-8(15-16(12,13)14)10-4-3-7-11-5-1-2-6-11;/h1-7H2,(H2,9,10)(H,12,13,14);1H. The fourth-order valence-corrected chi connectivity index (χ4v) is 1.89. The first-order valence-corrected chi connectivity index (χ1v) is 6.53. The van der Waals surface area contributed by atoms with Crippen molar-refractivity contribution in [1.82, 2.24) is 4.90 Å². The van der Waals surface area contributed by atoms with E-state index in [9.17, 15) is 8.42 Å². The topological polar surface area (TPSA) is 105 Å². The Bertz CT molecular complexity index is 341. The van der Waals surface area contributed by atoms with Crippen LogP contribution in [0.15, 0.2) is 4.99 Å². The van der Waals surface area contributed by atoms with Crippen LogP contribution in [0.5, 0.6) is 0 Å². The van der Waals surface area contributed by atoms with Gasteiger partial charge in [-0.15, -0.1) is 12.4 Å². The van der Waals surface area contributed by atoms with E-state index < -0.39 is 16.4 Å². The summed E-state index contributed by atoms with van der Waals surface area (Å²) in [5, 5.41) is 0. The van der Waals surface area contributed by atoms with E-state index in [0.717, 1.165) is 26.1 Å². The van der Waals surface area contributed by atoms with Gasteiger partial charge >= 0.3 is 16.4 Å². The molecule has 1 fully saturated rings. The minimum atomic E-state index is -4.54. The van der Waals surface area contributed by atoms with Gasteiger partial charge in [-0.05, 0) is 38.9 Å². The summed E-state index contributed by atoms with van der Waals surface area (Å²) in [6, 6.07) is -0.524. The summed E-state index contributed by atoms with van der Waals surface area (Å²) in [6.45, 7) is 3.53. The van der Waals surface area contributed by atoms with Crippen molar-refractivity contribution in [3.05, 3.63) is 0 Å². The quantitative estimate of drug-likeness (QED) is 0.320. The average Bonchev–Trinajstić information content (AvgIpc) is 2.62. The van der Waals surface area contributed by atoms with E-state index in [0.29, 0.717) is 6.54 Å². The van der Waals surface area contributed by atoms with Gasteiger partial charge in [0.15, 0.2) is 0 Å². The first-order valence-electron chi connectivity index (χ1n) is 5.16. The van der Waals surface area contributed by atoms with Gasteiger partial charge in [0.25, 0.3) is 0 Å². The van der Waals surface area contributed by atoms with E-state index >= 15 is 0 Å². The number of halogens is 1. The molecule has 0 aromatic carbocycles. The van der Waals surface area contributed by atoms with Crippen LogP contribution >= 0.6 is 12.4 Å². The molecular formula is C8H18ClN3O4S. The fourth-order valence-electron chi connectivity index (χ4n) is 1.62. The first kappa shape index (κ1) is 16.4. The zero-order chi connectivity index (χ0) is 12.0. The van der Waals surface area contributed by atoms with Crippen molar-refractivity contribution < 1.29 is 17.2 Å². The lowest BCUT2D eigenvalue weighted by molar-refractivity contribution is 0.335. The largest absolute Gasteiger partial charge is 0.449 e. The molecule has 17 heavy (non-hydrogen) atoms. The lowest BCUT2D eigenvalue weighted by Gasteiger charge is -2.12. The van der Waals surface area contributed by atoms with Gasteiger partial charge in [0, 0.05) is 6.54 Å². The Morgan fingerprint density at radius 3 is 2.53 bits per heavy atom. The van der Waals surface area contributed by atoms with Crippen molar-refractivity contribution >= 4 is 28.8 Å². The number of amidine groups is 1. The molecule has 0 amide bonds. The molecule has 0 unspecified atom stereocenters. The monoisotopic (exact) mass is 287 g/mol. The SMILES string of the molecule is Cl.NC(=NCCCN1CCCC1)OS(=O)(=O)O. The highest BCUT2D eigenvalue weighted by molar-refractivity contribution is 7.81. The summed E-state index contributed by atoms with van der Waals surface area (Å²) in [7, 11) is -4.54. The molecule has 1 aliphatic heterocycles. The van der Waals surface area contributed by atoms with Crippen molar-refractivity contribution in [2.75, 3.05) is 26.2 Å². The lowest BCUT2D eigenvalue weighted by atomic mass is 10.4. The van der Waals surface area contributed by atoms with E-state index in [-0.39, 0.29) is 12.4 Å². The van der Waals surface area contributed by atoms with Gasteiger partial charge in [-0.2, -0.15) is 8.42 Å². The highest BCUT2D eigenvalue weighted by Crippen LogP contribution is 2.07. The number of hydrogen-bond acceptors (Lipinski definition) is 5. The van der Waals surface area contributed by atoms with Crippen LogP contribution in [-0.2, 0) is 14.6 Å². The van der Waals surface area contributed by atoms with E-state index in [1.807, 2.05) is 0 Å². The Kier molecular flexibility index (Phi) is 7.44. The molecule has 1 saturated heterocycles. The molecule has 3 N–H and O–H groups in total. The molecule has 1 rings (SSSR count). The van der Waals surface area contributed by atoms with Crippen LogP contribution in [-0.4, -0.2) is 50.1 Å². The summed E-state index contributed by atoms with van der Waals surface area (Å²) in [5.41, 5.74) is 5.13. The summed E-state index contributed by atoms with van der Waals surface area (Å²) < 4.78 is 32.7. The molecule has 0 aromatic heterocycles. The van der Waals surface area contributed by atoms with Crippen LogP contribution < -0.4 is 5.73 Å². The number of rotatable bonds is 5. The summed E-state index contributed by atoms with van der Waals surface area (Å²) >= 11 is 0. The number of likely N-dealkylation sites (tertiary alicyclic amines) is 1. The molecule has 9 heteroatoms. The third kappa shape index (κ3) is 8.19. The van der Waals surface area contributed by atoms with Crippen molar-refractivity contribution in [1.29, 1.82) is 0 Å². The molecular weight excluding hydrogens is 270 g/mol. The van der Waals surface area contributed by atoms with E-state index in [1.165, 1.54) is 12.8 Å². The van der Waals surface area contributed by atoms with Crippen molar-refractivity contribution in [3.8, 4) is 0 Å². The van der Waals surface area contributed by atoms with E-state index in [2.05, 4.69) is 14.1 Å². The fraction of sp³-hybridized carbons (Fsp3) is 0.875. The third-order valence-electron chi connectivity index (χ3n) is 2.29. The molecule has 0 saturated carbocycles. The number of nitrogens with two attached hydrogens (primary N) is 1. The van der Waals surface area contributed by atoms with Crippen LogP contribution in [0, 0.1) is 0 Å². The molecule has 0 radical (unpaired) electrons. The van der Waals surface area contributed by atoms with E-state index in [4.69, 9.17) is 10.3 Å². The van der Waals surface area contributed by atoms with Crippen LogP contribution in [0.25, 0.3) is 0 Å². The van der Waals surface area contributed by atoms with Crippen molar-refractivity contribution in [2.45, 2.75) is 19.3 Å². The second-order valence-electron chi connectivity index (χ2n) is 3.63. The summed E-state index contributed by atoms with van der Waals surface area (Å²) in [5.74, 6) is 0. The Morgan fingerprint density at radius 2 is 2.00 bits per heavy atom. The molecule has 0 atom stereocenters. The second kappa shape index (κ2) is 7.70. The van der Waals surface area contributed by atoms with Gasteiger partial charge in [-0.1, -0.05) is 0 Å². The van der Waals surface area contributed by atoms with Gasteiger partial charge in [0.05, 0.1) is 0 Å². The molecule has 0 spiro atoms. The van der Waals surface area contributed by atoms with Crippen LogP contribution in [0.2, 0.25) is 0 Å². The molecule has 7 nitrogen and oxygen atoms in total. The van der Waals surface area contributed by atoms with E-state index in [1.54, 1.807) is 0 Å². The minimum absolute atomic E-state index is 0. The average molecular weight is 288 g/mol. The van der Waals surface area contributed by atoms with Crippen LogP contribution in [0.3, 0.4) is 0 Å². The van der Waals surface area contributed by atoms with Gasteiger partial charge in [0.2, 0.25) is 0 Å². The normalized spacial score (nSPS) is 17.8. The second-order valence-corrected chi connectivity index (χ2v) is 4.66. The van der Waals surface area contributed by atoms with Gasteiger partial charge in [0.1, 0.15) is 0 Å². The number of nitrogens with zero attached hydrogens (tertiary/aromatic N) is 2. The maximum Gasteiger partial charge on any atom is 0.449 e. The summed E-state index contributed by atoms with van der Waals surface area (Å²) in [4.78, 5) is 5.99. The van der Waals surface area contributed by atoms with Crippen LogP contribution in [0.1, 0.15) is 19.3 Å². The van der Waals surface area contributed by atoms with Crippen LogP contribution in [0.4, 0.5) is 0 Å². The molecule has 0 aromatic rings. The molecule has 1 heterocycles. The highest BCUT2D eigenvalue weighted by Gasteiger charge is 2.10. The maximum absolute atomic E-state index is 10.2. The third-order valence-corrected chi connectivity index (χ3v) is 2.67. The molecule has 1 aliphatic rings. The Labute approximate surface area is 107 Å². The Morgan fingerprint density at radius 1 is 1.41 bits per heavy atom. The van der Waals surface area contributed by atoms with Gasteiger partial charge in [-0.25, -0.2) is 4.99 Å². The van der Waals surface area contributed by atoms with Gasteiger partial charge < -0.3 is 14.8 Å². The lowest BCUT2D eigenvalue weighted by Crippen LogP contribution is -2.23. The minimum Gasteiger partial charge on any atom is -0.353 e.